The van der Waals surface area contributed by atoms with Crippen LogP contribution in [0.15, 0.2) is 18.3 Å². The predicted octanol–water partition coefficient (Wildman–Crippen LogP) is 3.98. The van der Waals surface area contributed by atoms with Crippen molar-refractivity contribution >= 4 is 0 Å². The van der Waals surface area contributed by atoms with Gasteiger partial charge in [0, 0.05) is 23.9 Å². The first-order valence-corrected chi connectivity index (χ1v) is 6.66. The van der Waals surface area contributed by atoms with Gasteiger partial charge in [-0.3, -0.25) is 4.98 Å². The van der Waals surface area contributed by atoms with Gasteiger partial charge in [0.2, 0.25) is 0 Å². The van der Waals surface area contributed by atoms with E-state index in [-0.39, 0.29) is 12.0 Å². The molecule has 0 saturated carbocycles. The Morgan fingerprint density at radius 3 is 2.53 bits per heavy atom. The van der Waals surface area contributed by atoms with Crippen molar-refractivity contribution in [3.8, 4) is 0 Å². The van der Waals surface area contributed by atoms with Crippen LogP contribution in [0, 0.1) is 0 Å². The van der Waals surface area contributed by atoms with Gasteiger partial charge < -0.3 is 5.32 Å². The lowest BCUT2D eigenvalue weighted by Gasteiger charge is -2.24. The Hall–Kier alpha value is -1.10. The Morgan fingerprint density at radius 2 is 2.00 bits per heavy atom. The van der Waals surface area contributed by atoms with Gasteiger partial charge in [-0.05, 0) is 38.4 Å². The SMILES string of the molecule is CCCNC(C)C(CC)c1cc(C(F)(F)F)ccn1. The first-order chi connectivity index (χ1) is 8.90. The molecule has 2 atom stereocenters. The van der Waals surface area contributed by atoms with Crippen LogP contribution in [0.1, 0.15) is 50.8 Å². The van der Waals surface area contributed by atoms with Gasteiger partial charge in [0.25, 0.3) is 0 Å². The number of alkyl halides is 3. The summed E-state index contributed by atoms with van der Waals surface area (Å²) >= 11 is 0. The summed E-state index contributed by atoms with van der Waals surface area (Å²) in [6, 6.07) is 2.29. The first-order valence-electron chi connectivity index (χ1n) is 6.66. The molecular weight excluding hydrogens is 253 g/mol. The number of halogens is 3. The number of nitrogens with one attached hydrogen (secondary N) is 1. The molecule has 0 radical (unpaired) electrons. The molecule has 0 aromatic carbocycles. The van der Waals surface area contributed by atoms with Crippen LogP contribution in [0.3, 0.4) is 0 Å². The lowest BCUT2D eigenvalue weighted by Crippen LogP contribution is -2.33. The molecule has 1 rings (SSSR count). The van der Waals surface area contributed by atoms with E-state index in [9.17, 15) is 13.2 Å². The zero-order chi connectivity index (χ0) is 14.5. The molecule has 1 aromatic rings. The highest BCUT2D eigenvalue weighted by Gasteiger charge is 2.31. The Bertz CT molecular complexity index is 391. The third-order valence-electron chi connectivity index (χ3n) is 3.25. The van der Waals surface area contributed by atoms with Gasteiger partial charge >= 0.3 is 6.18 Å². The molecule has 0 fully saturated rings. The van der Waals surface area contributed by atoms with E-state index >= 15 is 0 Å². The fourth-order valence-corrected chi connectivity index (χ4v) is 2.16. The number of aromatic nitrogens is 1. The van der Waals surface area contributed by atoms with E-state index < -0.39 is 11.7 Å². The summed E-state index contributed by atoms with van der Waals surface area (Å²) in [4.78, 5) is 4.11. The monoisotopic (exact) mass is 274 g/mol. The quantitative estimate of drug-likeness (QED) is 0.848. The van der Waals surface area contributed by atoms with E-state index in [2.05, 4.69) is 17.2 Å². The van der Waals surface area contributed by atoms with Gasteiger partial charge in [-0.2, -0.15) is 13.2 Å². The third kappa shape index (κ3) is 4.49. The molecule has 19 heavy (non-hydrogen) atoms. The predicted molar refractivity (Wildman–Crippen MR) is 70.0 cm³/mol. The molecule has 0 spiro atoms. The standard InChI is InChI=1S/C14H21F3N2/c1-4-7-18-10(3)12(5-2)13-9-11(6-8-19-13)14(15,16)17/h6,8-10,12,18H,4-5,7H2,1-3H3. The minimum atomic E-state index is -4.31. The summed E-state index contributed by atoms with van der Waals surface area (Å²) in [7, 11) is 0. The van der Waals surface area contributed by atoms with Crippen LogP contribution in [-0.4, -0.2) is 17.6 Å². The van der Waals surface area contributed by atoms with Crippen molar-refractivity contribution in [2.75, 3.05) is 6.54 Å². The van der Waals surface area contributed by atoms with Crippen LogP contribution in [0.5, 0.6) is 0 Å². The van der Waals surface area contributed by atoms with Crippen molar-refractivity contribution in [3.63, 3.8) is 0 Å². The van der Waals surface area contributed by atoms with E-state index in [0.717, 1.165) is 31.5 Å². The second-order valence-corrected chi connectivity index (χ2v) is 4.72. The molecule has 0 aliphatic heterocycles. The van der Waals surface area contributed by atoms with Crippen molar-refractivity contribution in [2.45, 2.75) is 51.7 Å². The van der Waals surface area contributed by atoms with Crippen LogP contribution in [0.4, 0.5) is 13.2 Å². The number of nitrogens with zero attached hydrogens (tertiary/aromatic N) is 1. The van der Waals surface area contributed by atoms with E-state index in [0.29, 0.717) is 5.69 Å². The molecule has 108 valence electrons. The van der Waals surface area contributed by atoms with Gasteiger partial charge in [0.15, 0.2) is 0 Å². The van der Waals surface area contributed by atoms with Crippen LogP contribution in [0.2, 0.25) is 0 Å². The van der Waals surface area contributed by atoms with Crippen molar-refractivity contribution in [1.29, 1.82) is 0 Å². The maximum absolute atomic E-state index is 12.7. The molecule has 1 N–H and O–H groups in total. The van der Waals surface area contributed by atoms with Gasteiger partial charge in [-0.15, -0.1) is 0 Å². The lowest BCUT2D eigenvalue weighted by molar-refractivity contribution is -0.137. The molecule has 0 aliphatic rings. The maximum Gasteiger partial charge on any atom is 0.416 e. The second-order valence-electron chi connectivity index (χ2n) is 4.72. The zero-order valence-electron chi connectivity index (χ0n) is 11.6. The van der Waals surface area contributed by atoms with Crippen molar-refractivity contribution < 1.29 is 13.2 Å². The molecule has 2 nitrogen and oxygen atoms in total. The summed E-state index contributed by atoms with van der Waals surface area (Å²) in [6.45, 7) is 6.88. The minimum Gasteiger partial charge on any atom is -0.314 e. The molecule has 0 bridgehead atoms. The van der Waals surface area contributed by atoms with Crippen molar-refractivity contribution in [3.05, 3.63) is 29.6 Å². The first kappa shape index (κ1) is 16.0. The molecule has 0 saturated heterocycles. The van der Waals surface area contributed by atoms with E-state index in [1.54, 1.807) is 0 Å². The molecule has 0 amide bonds. The maximum atomic E-state index is 12.7. The number of hydrogen-bond donors (Lipinski definition) is 1. The molecule has 5 heteroatoms. The van der Waals surface area contributed by atoms with Crippen LogP contribution in [0.25, 0.3) is 0 Å². The third-order valence-corrected chi connectivity index (χ3v) is 3.25. The minimum absolute atomic E-state index is 0.00569. The summed E-state index contributed by atoms with van der Waals surface area (Å²) in [5.74, 6) is -0.00569. The molecular formula is C14H21F3N2. The van der Waals surface area contributed by atoms with Crippen molar-refractivity contribution in [1.82, 2.24) is 10.3 Å². The van der Waals surface area contributed by atoms with E-state index in [1.807, 2.05) is 13.8 Å². The van der Waals surface area contributed by atoms with Gasteiger partial charge in [0.05, 0.1) is 5.56 Å². The topological polar surface area (TPSA) is 24.9 Å². The normalized spacial score (nSPS) is 15.3. The molecule has 2 unspecified atom stereocenters. The second kappa shape index (κ2) is 6.89. The highest BCUT2D eigenvalue weighted by molar-refractivity contribution is 5.22. The van der Waals surface area contributed by atoms with Gasteiger partial charge in [-0.25, -0.2) is 0 Å². The smallest absolute Gasteiger partial charge is 0.314 e. The molecule has 0 aliphatic carbocycles. The van der Waals surface area contributed by atoms with E-state index in [4.69, 9.17) is 0 Å². The number of rotatable bonds is 6. The Balaban J connectivity index is 2.92. The summed E-state index contributed by atoms with van der Waals surface area (Å²) in [5, 5.41) is 3.32. The summed E-state index contributed by atoms with van der Waals surface area (Å²) < 4.78 is 38.1. The summed E-state index contributed by atoms with van der Waals surface area (Å²) in [5.41, 5.74) is -0.118. The largest absolute Gasteiger partial charge is 0.416 e. The highest BCUT2D eigenvalue weighted by atomic mass is 19.4. The Morgan fingerprint density at radius 1 is 1.32 bits per heavy atom. The van der Waals surface area contributed by atoms with E-state index in [1.165, 1.54) is 6.20 Å². The Labute approximate surface area is 112 Å². The average molecular weight is 274 g/mol. The fraction of sp³-hybridized carbons (Fsp3) is 0.643. The van der Waals surface area contributed by atoms with Gasteiger partial charge in [0.1, 0.15) is 0 Å². The molecule has 1 aromatic heterocycles. The van der Waals surface area contributed by atoms with Crippen LogP contribution >= 0.6 is 0 Å². The fourth-order valence-electron chi connectivity index (χ4n) is 2.16. The zero-order valence-corrected chi connectivity index (χ0v) is 11.6. The lowest BCUT2D eigenvalue weighted by atomic mass is 9.93. The van der Waals surface area contributed by atoms with Gasteiger partial charge in [-0.1, -0.05) is 13.8 Å². The molecule has 1 heterocycles. The highest BCUT2D eigenvalue weighted by Crippen LogP contribution is 2.31. The summed E-state index contributed by atoms with van der Waals surface area (Å²) in [6.07, 6.45) is -1.31. The average Bonchev–Trinajstić information content (AvgIpc) is 2.36. The number of pyridine rings is 1. The number of hydrogen-bond acceptors (Lipinski definition) is 2. The Kier molecular flexibility index (Phi) is 5.79. The van der Waals surface area contributed by atoms with Crippen LogP contribution in [-0.2, 0) is 6.18 Å². The van der Waals surface area contributed by atoms with Crippen molar-refractivity contribution in [2.24, 2.45) is 0 Å². The van der Waals surface area contributed by atoms with Crippen LogP contribution < -0.4 is 5.32 Å².